The molecule has 0 radical (unpaired) electrons. The zero-order valence-corrected chi connectivity index (χ0v) is 8.66. The molecule has 0 amide bonds. The van der Waals surface area contributed by atoms with Gasteiger partial charge in [-0.1, -0.05) is 0 Å². The van der Waals surface area contributed by atoms with Gasteiger partial charge < -0.3 is 5.21 Å². The number of aryl methyl sites for hydroxylation is 2. The largest absolute Gasteiger partial charge is 0.316 e. The second-order valence-corrected chi connectivity index (χ2v) is 4.82. The lowest BCUT2D eigenvalue weighted by molar-refractivity contribution is 0.135. The van der Waals surface area contributed by atoms with E-state index in [1.165, 1.54) is 41.0 Å². The first-order valence-electron chi connectivity index (χ1n) is 4.82. The van der Waals surface area contributed by atoms with E-state index in [2.05, 4.69) is 11.5 Å². The van der Waals surface area contributed by atoms with Crippen LogP contribution in [0.15, 0.2) is 6.07 Å². The van der Waals surface area contributed by atoms with E-state index in [0.717, 1.165) is 0 Å². The maximum atomic E-state index is 8.81. The number of fused-ring (bicyclic) bond motifs is 1. The highest BCUT2D eigenvalue weighted by atomic mass is 32.1. The van der Waals surface area contributed by atoms with Gasteiger partial charge >= 0.3 is 0 Å². The Morgan fingerprint density at radius 3 is 2.92 bits per heavy atom. The van der Waals surface area contributed by atoms with Crippen molar-refractivity contribution < 1.29 is 5.21 Å². The van der Waals surface area contributed by atoms with Crippen molar-refractivity contribution in [1.29, 1.82) is 0 Å². The van der Waals surface area contributed by atoms with Crippen LogP contribution in [0.3, 0.4) is 0 Å². The van der Waals surface area contributed by atoms with Crippen LogP contribution in [-0.4, -0.2) is 5.21 Å². The lowest BCUT2D eigenvalue weighted by atomic mass is 9.99. The lowest BCUT2D eigenvalue weighted by Gasteiger charge is -2.08. The maximum Gasteiger partial charge on any atom is 0.0634 e. The summed E-state index contributed by atoms with van der Waals surface area (Å²) in [6.45, 7) is 1.98. The Morgan fingerprint density at radius 2 is 2.23 bits per heavy atom. The summed E-state index contributed by atoms with van der Waals surface area (Å²) in [6.07, 6.45) is 5.11. The third-order valence-electron chi connectivity index (χ3n) is 2.64. The summed E-state index contributed by atoms with van der Waals surface area (Å²) in [5.74, 6) is 0. The Morgan fingerprint density at radius 1 is 1.46 bits per heavy atom. The Kier molecular flexibility index (Phi) is 2.67. The van der Waals surface area contributed by atoms with Crippen LogP contribution in [-0.2, 0) is 12.8 Å². The van der Waals surface area contributed by atoms with Gasteiger partial charge in [-0.3, -0.25) is 0 Å². The molecule has 2 N–H and O–H groups in total. The van der Waals surface area contributed by atoms with Crippen LogP contribution in [0.1, 0.15) is 41.1 Å². The Bertz CT molecular complexity index is 272. The van der Waals surface area contributed by atoms with E-state index in [1.54, 1.807) is 0 Å². The SMILES string of the molecule is CC(NO)c1cc2c(s1)CCCC2. The molecular weight excluding hydrogens is 182 g/mol. The highest BCUT2D eigenvalue weighted by Crippen LogP contribution is 2.32. The number of hydroxylamine groups is 1. The van der Waals surface area contributed by atoms with Crippen LogP contribution in [0, 0.1) is 0 Å². The van der Waals surface area contributed by atoms with Crippen LogP contribution in [0.2, 0.25) is 0 Å². The molecule has 1 atom stereocenters. The van der Waals surface area contributed by atoms with Gasteiger partial charge in [-0.2, -0.15) is 5.48 Å². The number of nitrogens with one attached hydrogen (secondary N) is 1. The molecule has 3 heteroatoms. The standard InChI is InChI=1S/C10H15NOS/c1-7(11-12)10-6-8-4-2-3-5-9(8)13-10/h6-7,11-12H,2-5H2,1H3. The Balaban J connectivity index is 2.25. The first kappa shape index (κ1) is 9.19. The minimum atomic E-state index is 0.0793. The van der Waals surface area contributed by atoms with Gasteiger partial charge in [0.15, 0.2) is 0 Å². The molecule has 0 aliphatic heterocycles. The lowest BCUT2D eigenvalue weighted by Crippen LogP contribution is -2.11. The van der Waals surface area contributed by atoms with E-state index in [4.69, 9.17) is 5.21 Å². The van der Waals surface area contributed by atoms with Gasteiger partial charge in [0.25, 0.3) is 0 Å². The normalized spacial score (nSPS) is 18.3. The predicted molar refractivity (Wildman–Crippen MR) is 54.3 cm³/mol. The van der Waals surface area contributed by atoms with Crippen molar-refractivity contribution in [1.82, 2.24) is 5.48 Å². The van der Waals surface area contributed by atoms with Crippen molar-refractivity contribution >= 4 is 11.3 Å². The molecule has 0 bridgehead atoms. The van der Waals surface area contributed by atoms with Crippen molar-refractivity contribution in [2.24, 2.45) is 0 Å². The molecule has 1 heterocycles. The van der Waals surface area contributed by atoms with Gasteiger partial charge in [0.05, 0.1) is 6.04 Å². The first-order chi connectivity index (χ1) is 6.31. The molecule has 2 nitrogen and oxygen atoms in total. The molecule has 2 rings (SSSR count). The van der Waals surface area contributed by atoms with Crippen LogP contribution >= 0.6 is 11.3 Å². The fourth-order valence-electron chi connectivity index (χ4n) is 1.79. The predicted octanol–water partition coefficient (Wildman–Crippen LogP) is 2.67. The monoisotopic (exact) mass is 197 g/mol. The molecule has 0 saturated heterocycles. The second-order valence-electron chi connectivity index (χ2n) is 3.66. The van der Waals surface area contributed by atoms with Crippen LogP contribution in [0.4, 0.5) is 0 Å². The summed E-state index contributed by atoms with van der Waals surface area (Å²) in [4.78, 5) is 2.79. The van der Waals surface area contributed by atoms with Crippen LogP contribution in [0.5, 0.6) is 0 Å². The second kappa shape index (κ2) is 3.78. The van der Waals surface area contributed by atoms with Crippen LogP contribution < -0.4 is 5.48 Å². The molecule has 0 spiro atoms. The number of rotatable bonds is 2. The molecular formula is C10H15NOS. The fourth-order valence-corrected chi connectivity index (χ4v) is 3.04. The van der Waals surface area contributed by atoms with Crippen molar-refractivity contribution in [3.05, 3.63) is 21.4 Å². The van der Waals surface area contributed by atoms with Gasteiger partial charge in [0.1, 0.15) is 0 Å². The summed E-state index contributed by atoms with van der Waals surface area (Å²) in [5.41, 5.74) is 3.81. The van der Waals surface area contributed by atoms with E-state index in [1.807, 2.05) is 18.3 Å². The summed E-state index contributed by atoms with van der Waals surface area (Å²) in [7, 11) is 0. The van der Waals surface area contributed by atoms with E-state index in [-0.39, 0.29) is 6.04 Å². The number of thiophene rings is 1. The minimum absolute atomic E-state index is 0.0793. The topological polar surface area (TPSA) is 32.3 Å². The average Bonchev–Trinajstić information content (AvgIpc) is 2.59. The van der Waals surface area contributed by atoms with Gasteiger partial charge in [-0.15, -0.1) is 11.3 Å². The van der Waals surface area contributed by atoms with Crippen molar-refractivity contribution in [2.45, 2.75) is 38.6 Å². The van der Waals surface area contributed by atoms with Crippen molar-refractivity contribution in [3.8, 4) is 0 Å². The fraction of sp³-hybridized carbons (Fsp3) is 0.600. The Labute approximate surface area is 82.6 Å². The van der Waals surface area contributed by atoms with Gasteiger partial charge in [-0.25, -0.2) is 0 Å². The third-order valence-corrected chi connectivity index (χ3v) is 4.06. The Hall–Kier alpha value is -0.380. The first-order valence-corrected chi connectivity index (χ1v) is 5.64. The molecule has 1 aliphatic rings. The third kappa shape index (κ3) is 1.77. The molecule has 0 aromatic carbocycles. The number of hydrogen-bond acceptors (Lipinski definition) is 3. The van der Waals surface area contributed by atoms with E-state index >= 15 is 0 Å². The van der Waals surface area contributed by atoms with Crippen LogP contribution in [0.25, 0.3) is 0 Å². The zero-order valence-electron chi connectivity index (χ0n) is 7.84. The molecule has 1 unspecified atom stereocenters. The van der Waals surface area contributed by atoms with Crippen molar-refractivity contribution in [3.63, 3.8) is 0 Å². The molecule has 1 aromatic heterocycles. The summed E-state index contributed by atoms with van der Waals surface area (Å²) < 4.78 is 0. The maximum absolute atomic E-state index is 8.81. The minimum Gasteiger partial charge on any atom is -0.316 e. The van der Waals surface area contributed by atoms with Gasteiger partial charge in [-0.05, 0) is 44.2 Å². The molecule has 1 aromatic rings. The smallest absolute Gasteiger partial charge is 0.0634 e. The van der Waals surface area contributed by atoms with E-state index in [0.29, 0.717) is 0 Å². The molecule has 13 heavy (non-hydrogen) atoms. The molecule has 72 valence electrons. The quantitative estimate of drug-likeness (QED) is 0.714. The highest BCUT2D eigenvalue weighted by molar-refractivity contribution is 7.12. The van der Waals surface area contributed by atoms with Gasteiger partial charge in [0.2, 0.25) is 0 Å². The van der Waals surface area contributed by atoms with E-state index in [9.17, 15) is 0 Å². The zero-order chi connectivity index (χ0) is 9.26. The number of hydrogen-bond donors (Lipinski definition) is 2. The molecule has 0 saturated carbocycles. The molecule has 1 aliphatic carbocycles. The summed E-state index contributed by atoms with van der Waals surface area (Å²) >= 11 is 1.85. The van der Waals surface area contributed by atoms with Gasteiger partial charge in [0, 0.05) is 9.75 Å². The highest BCUT2D eigenvalue weighted by Gasteiger charge is 2.15. The summed E-state index contributed by atoms with van der Waals surface area (Å²) in [6, 6.07) is 2.32. The molecule has 0 fully saturated rings. The average molecular weight is 197 g/mol. The van der Waals surface area contributed by atoms with Crippen molar-refractivity contribution in [2.75, 3.05) is 0 Å². The summed E-state index contributed by atoms with van der Waals surface area (Å²) in [5, 5.41) is 8.81. The van der Waals surface area contributed by atoms with E-state index < -0.39 is 0 Å².